The van der Waals surface area contributed by atoms with E-state index in [1.807, 2.05) is 36.4 Å². The molecule has 0 saturated carbocycles. The van der Waals surface area contributed by atoms with E-state index in [1.165, 1.54) is 0 Å². The van der Waals surface area contributed by atoms with Crippen molar-refractivity contribution in [1.29, 1.82) is 0 Å². The quantitative estimate of drug-likeness (QED) is 0.633. The molecule has 3 aromatic heterocycles. The van der Waals surface area contributed by atoms with Crippen molar-refractivity contribution in [2.75, 3.05) is 12.0 Å². The number of nitrogens with zero attached hydrogens (tertiary/aromatic N) is 3. The molecule has 3 heterocycles. The zero-order chi connectivity index (χ0) is 19.3. The van der Waals surface area contributed by atoms with Gasteiger partial charge >= 0.3 is 6.09 Å². The minimum atomic E-state index is -1.26. The molecule has 0 aliphatic rings. The molecule has 0 unspecified atom stereocenters. The van der Waals surface area contributed by atoms with Crippen molar-refractivity contribution in [3.63, 3.8) is 0 Å². The maximum Gasteiger partial charge on any atom is 0.426 e. The van der Waals surface area contributed by atoms with Gasteiger partial charge in [-0.3, -0.25) is 9.97 Å². The molecule has 140 valence electrons. The molecule has 3 aromatic rings. The van der Waals surface area contributed by atoms with E-state index in [4.69, 9.17) is 4.74 Å². The van der Waals surface area contributed by atoms with Crippen molar-refractivity contribution < 1.29 is 9.53 Å². The molecule has 0 saturated heterocycles. The second-order valence-electron chi connectivity index (χ2n) is 7.48. The summed E-state index contributed by atoms with van der Waals surface area (Å²) >= 11 is 0. The lowest BCUT2D eigenvalue weighted by molar-refractivity contribution is 0.164. The van der Waals surface area contributed by atoms with Crippen molar-refractivity contribution in [2.45, 2.75) is 25.7 Å². The number of hydrogen-bond donors (Lipinski definition) is 1. The lowest BCUT2D eigenvalue weighted by Gasteiger charge is -2.17. The Labute approximate surface area is 160 Å². The van der Waals surface area contributed by atoms with Gasteiger partial charge in [0.15, 0.2) is 0 Å². The Hall–Kier alpha value is -2.93. The van der Waals surface area contributed by atoms with Crippen LogP contribution in [0.3, 0.4) is 0 Å². The molecule has 1 amide bonds. The predicted molar refractivity (Wildman–Crippen MR) is 110 cm³/mol. The van der Waals surface area contributed by atoms with Gasteiger partial charge in [-0.15, -0.1) is 0 Å². The molecule has 0 aliphatic carbocycles. The van der Waals surface area contributed by atoms with Crippen LogP contribution in [0.1, 0.15) is 0 Å². The van der Waals surface area contributed by atoms with E-state index in [1.54, 1.807) is 29.5 Å². The average Bonchev–Trinajstić information content (AvgIpc) is 3.05. The second kappa shape index (κ2) is 8.18. The fourth-order valence-electron chi connectivity index (χ4n) is 2.61. The second-order valence-corrected chi connectivity index (χ2v) is 13.1. The molecular weight excluding hydrogens is 356 g/mol. The SMILES string of the molecule is C[Si](C)(C)CCOC(=O)Nn1c(-c2cccnc2)ccc1-c1cccnc1. The first kappa shape index (κ1) is 18.8. The zero-order valence-corrected chi connectivity index (χ0v) is 16.8. The summed E-state index contributed by atoms with van der Waals surface area (Å²) in [6.07, 6.45) is 6.49. The van der Waals surface area contributed by atoms with Crippen LogP contribution in [-0.4, -0.2) is 35.4 Å². The number of hydrogen-bond acceptors (Lipinski definition) is 4. The number of ether oxygens (including phenoxy) is 1. The van der Waals surface area contributed by atoms with Gasteiger partial charge in [0.25, 0.3) is 0 Å². The fourth-order valence-corrected chi connectivity index (χ4v) is 3.32. The lowest BCUT2D eigenvalue weighted by atomic mass is 10.2. The normalized spacial score (nSPS) is 11.2. The summed E-state index contributed by atoms with van der Waals surface area (Å²) in [5, 5.41) is 0. The molecule has 0 radical (unpaired) electrons. The summed E-state index contributed by atoms with van der Waals surface area (Å²) in [6, 6.07) is 12.4. The van der Waals surface area contributed by atoms with E-state index in [0.717, 1.165) is 28.6 Å². The van der Waals surface area contributed by atoms with Crippen LogP contribution >= 0.6 is 0 Å². The first-order chi connectivity index (χ1) is 12.9. The molecule has 0 bridgehead atoms. The summed E-state index contributed by atoms with van der Waals surface area (Å²) in [6.45, 7) is 7.18. The summed E-state index contributed by atoms with van der Waals surface area (Å²) in [7, 11) is -1.26. The first-order valence-electron chi connectivity index (χ1n) is 8.90. The van der Waals surface area contributed by atoms with Gasteiger partial charge < -0.3 is 4.74 Å². The van der Waals surface area contributed by atoms with Gasteiger partial charge in [0.05, 0.1) is 18.0 Å². The lowest BCUT2D eigenvalue weighted by Crippen LogP contribution is -2.28. The topological polar surface area (TPSA) is 69.0 Å². The van der Waals surface area contributed by atoms with Crippen LogP contribution in [0.2, 0.25) is 25.7 Å². The number of carbonyl (C=O) groups excluding carboxylic acids is 1. The minimum absolute atomic E-state index is 0.424. The standard InChI is InChI=1S/C20H24N4O2Si/c1-27(2,3)13-12-26-20(25)23-24-18(16-6-4-10-21-14-16)8-9-19(24)17-7-5-11-22-15-17/h4-11,14-15H,12-13H2,1-3H3,(H,23,25). The molecule has 3 rings (SSSR count). The number of amides is 1. The van der Waals surface area contributed by atoms with Crippen molar-refractivity contribution in [1.82, 2.24) is 14.6 Å². The van der Waals surface area contributed by atoms with Gasteiger partial charge in [-0.2, -0.15) is 0 Å². The summed E-state index contributed by atoms with van der Waals surface area (Å²) < 4.78 is 7.13. The average molecular weight is 381 g/mol. The van der Waals surface area contributed by atoms with Crippen LogP contribution < -0.4 is 5.43 Å². The molecule has 0 aliphatic heterocycles. The minimum Gasteiger partial charge on any atom is -0.449 e. The summed E-state index contributed by atoms with van der Waals surface area (Å²) in [5.41, 5.74) is 6.30. The van der Waals surface area contributed by atoms with Crippen molar-refractivity contribution >= 4 is 14.2 Å². The number of carbonyl (C=O) groups is 1. The van der Waals surface area contributed by atoms with Gasteiger partial charge in [-0.1, -0.05) is 19.6 Å². The van der Waals surface area contributed by atoms with E-state index >= 15 is 0 Å². The predicted octanol–water partition coefficient (Wildman–Crippen LogP) is 4.63. The highest BCUT2D eigenvalue weighted by Gasteiger charge is 2.17. The molecule has 6 nitrogen and oxygen atoms in total. The molecule has 0 atom stereocenters. The Morgan fingerprint density at radius 3 is 2.00 bits per heavy atom. The maximum absolute atomic E-state index is 12.4. The molecule has 0 spiro atoms. The Morgan fingerprint density at radius 1 is 1.00 bits per heavy atom. The third-order valence-electron chi connectivity index (χ3n) is 4.08. The summed E-state index contributed by atoms with van der Waals surface area (Å²) in [4.78, 5) is 20.7. The highest BCUT2D eigenvalue weighted by atomic mass is 28.3. The van der Waals surface area contributed by atoms with Gasteiger partial charge in [0, 0.05) is 44.0 Å². The van der Waals surface area contributed by atoms with E-state index in [9.17, 15) is 4.79 Å². The number of aromatic nitrogens is 3. The number of nitrogens with one attached hydrogen (secondary N) is 1. The Morgan fingerprint density at radius 2 is 1.56 bits per heavy atom. The van der Waals surface area contributed by atoms with Gasteiger partial charge in [-0.25, -0.2) is 14.9 Å². The summed E-state index contributed by atoms with van der Waals surface area (Å²) in [5.74, 6) is 0. The van der Waals surface area contributed by atoms with Crippen LogP contribution in [0.5, 0.6) is 0 Å². The highest BCUT2D eigenvalue weighted by Crippen LogP contribution is 2.27. The van der Waals surface area contributed by atoms with Crippen molar-refractivity contribution in [2.24, 2.45) is 0 Å². The van der Waals surface area contributed by atoms with E-state index in [2.05, 4.69) is 35.0 Å². The highest BCUT2D eigenvalue weighted by molar-refractivity contribution is 6.76. The molecule has 0 aromatic carbocycles. The third-order valence-corrected chi connectivity index (χ3v) is 5.79. The largest absolute Gasteiger partial charge is 0.449 e. The zero-order valence-electron chi connectivity index (χ0n) is 15.8. The van der Waals surface area contributed by atoms with Crippen molar-refractivity contribution in [3.8, 4) is 22.5 Å². The van der Waals surface area contributed by atoms with Gasteiger partial charge in [-0.05, 0) is 42.4 Å². The van der Waals surface area contributed by atoms with Crippen LogP contribution in [-0.2, 0) is 4.74 Å². The Bertz CT molecular complexity index is 832. The van der Waals surface area contributed by atoms with E-state index in [0.29, 0.717) is 6.61 Å². The van der Waals surface area contributed by atoms with Crippen molar-refractivity contribution in [3.05, 3.63) is 61.2 Å². The van der Waals surface area contributed by atoms with Crippen LogP contribution in [0, 0.1) is 0 Å². The smallest absolute Gasteiger partial charge is 0.426 e. The van der Waals surface area contributed by atoms with Crippen LogP contribution in [0.4, 0.5) is 4.79 Å². The molecule has 1 N–H and O–H groups in total. The Balaban J connectivity index is 1.87. The van der Waals surface area contributed by atoms with Crippen LogP contribution in [0.25, 0.3) is 22.5 Å². The van der Waals surface area contributed by atoms with Gasteiger partial charge in [0.1, 0.15) is 0 Å². The molecular formula is C20H24N4O2Si. The van der Waals surface area contributed by atoms with Crippen LogP contribution in [0.15, 0.2) is 61.2 Å². The Kier molecular flexibility index (Phi) is 5.71. The maximum atomic E-state index is 12.4. The monoisotopic (exact) mass is 380 g/mol. The number of pyridine rings is 2. The molecule has 7 heteroatoms. The number of rotatable bonds is 6. The first-order valence-corrected chi connectivity index (χ1v) is 12.6. The molecule has 27 heavy (non-hydrogen) atoms. The van der Waals surface area contributed by atoms with E-state index < -0.39 is 14.2 Å². The third kappa shape index (κ3) is 5.04. The van der Waals surface area contributed by atoms with Gasteiger partial charge in [0.2, 0.25) is 0 Å². The van der Waals surface area contributed by atoms with E-state index in [-0.39, 0.29) is 0 Å². The fraction of sp³-hybridized carbons (Fsp3) is 0.250. The molecule has 0 fully saturated rings.